The minimum absolute atomic E-state index is 0.0161. The number of nitrogens with zero attached hydrogens (tertiary/aromatic N) is 2. The van der Waals surface area contributed by atoms with E-state index in [2.05, 4.69) is 15.2 Å². The number of carbonyl (C=O) groups is 1. The first-order valence-corrected chi connectivity index (χ1v) is 9.80. The number of esters is 1. The van der Waals surface area contributed by atoms with Gasteiger partial charge in [0, 0.05) is 16.3 Å². The van der Waals surface area contributed by atoms with Gasteiger partial charge in [-0.25, -0.2) is 14.9 Å². The van der Waals surface area contributed by atoms with E-state index in [4.69, 9.17) is 14.2 Å². The molecule has 0 aliphatic rings. The number of hydrogen-bond acceptors (Lipinski definition) is 8. The van der Waals surface area contributed by atoms with Crippen molar-refractivity contribution >= 4 is 28.1 Å². The lowest BCUT2D eigenvalue weighted by molar-refractivity contribution is 0.0462. The fourth-order valence-corrected chi connectivity index (χ4v) is 3.75. The Hall–Kier alpha value is -3.72. The molecule has 0 amide bonds. The summed E-state index contributed by atoms with van der Waals surface area (Å²) in [6.45, 7) is -0.0161. The first-order valence-electron chi connectivity index (χ1n) is 8.92. The molecule has 1 N–H and O–H groups in total. The number of rotatable bonds is 6. The van der Waals surface area contributed by atoms with Crippen LogP contribution in [0.3, 0.4) is 0 Å². The highest BCUT2D eigenvalue weighted by Crippen LogP contribution is 2.33. The van der Waals surface area contributed by atoms with Gasteiger partial charge in [0.15, 0.2) is 17.2 Å². The number of carbonyl (C=O) groups excluding carboxylic acids is 1. The Morgan fingerprint density at radius 1 is 1.07 bits per heavy atom. The number of H-pyrrole nitrogens is 1. The average molecular weight is 423 g/mol. The molecule has 0 atom stereocenters. The highest BCUT2D eigenvalue weighted by molar-refractivity contribution is 7.13. The summed E-state index contributed by atoms with van der Waals surface area (Å²) < 4.78 is 15.9. The van der Waals surface area contributed by atoms with Crippen LogP contribution >= 0.6 is 11.3 Å². The number of thiazole rings is 1. The molecule has 9 heteroatoms. The van der Waals surface area contributed by atoms with Gasteiger partial charge in [-0.1, -0.05) is 18.2 Å². The lowest BCUT2D eigenvalue weighted by atomic mass is 10.1. The Bertz CT molecular complexity index is 1280. The highest BCUT2D eigenvalue weighted by atomic mass is 32.1. The van der Waals surface area contributed by atoms with Crippen molar-refractivity contribution in [1.82, 2.24) is 15.2 Å². The van der Waals surface area contributed by atoms with Crippen molar-refractivity contribution < 1.29 is 19.0 Å². The van der Waals surface area contributed by atoms with E-state index in [1.807, 2.05) is 23.6 Å². The van der Waals surface area contributed by atoms with Crippen molar-refractivity contribution in [2.24, 2.45) is 0 Å². The van der Waals surface area contributed by atoms with E-state index in [1.54, 1.807) is 38.5 Å². The van der Waals surface area contributed by atoms with E-state index < -0.39 is 5.97 Å². The van der Waals surface area contributed by atoms with Crippen molar-refractivity contribution in [3.8, 4) is 22.1 Å². The lowest BCUT2D eigenvalue weighted by Gasteiger charge is -2.08. The molecule has 0 aliphatic heterocycles. The van der Waals surface area contributed by atoms with Crippen molar-refractivity contribution in [1.29, 1.82) is 0 Å². The minimum Gasteiger partial charge on any atom is -0.493 e. The Morgan fingerprint density at radius 3 is 2.60 bits per heavy atom. The smallest absolute Gasteiger partial charge is 0.359 e. The molecule has 2 heterocycles. The second-order valence-electron chi connectivity index (χ2n) is 6.24. The molecule has 0 saturated heterocycles. The molecule has 4 rings (SSSR count). The molecular formula is C21H17N3O5S. The number of methoxy groups -OCH3 is 2. The maximum atomic E-state index is 12.5. The number of aromatic nitrogens is 3. The zero-order valence-corrected chi connectivity index (χ0v) is 17.0. The van der Waals surface area contributed by atoms with Gasteiger partial charge in [0.25, 0.3) is 5.56 Å². The van der Waals surface area contributed by atoms with Crippen LogP contribution in [-0.4, -0.2) is 35.4 Å². The fourth-order valence-electron chi connectivity index (χ4n) is 2.95. The van der Waals surface area contributed by atoms with Crippen LogP contribution in [0.1, 0.15) is 16.2 Å². The molecule has 8 nitrogen and oxygen atoms in total. The molecule has 0 radical (unpaired) electrons. The normalized spacial score (nSPS) is 10.7. The van der Waals surface area contributed by atoms with Gasteiger partial charge < -0.3 is 14.2 Å². The summed E-state index contributed by atoms with van der Waals surface area (Å²) in [5.74, 6) is 0.602. The molecule has 0 fully saturated rings. The molecule has 0 aliphatic carbocycles. The standard InChI is InChI=1S/C21H17N3O5S/c1-27-16-8-7-12(9-17(16)28-2)20-22-13(11-30-20)10-29-21(26)18-14-5-3-4-6-15(14)19(25)24-23-18/h3-9,11H,10H2,1-2H3,(H,24,25). The van der Waals surface area contributed by atoms with Gasteiger partial charge in [-0.2, -0.15) is 5.10 Å². The molecule has 152 valence electrons. The van der Waals surface area contributed by atoms with Crippen LogP contribution in [0.25, 0.3) is 21.3 Å². The second kappa shape index (κ2) is 8.34. The van der Waals surface area contributed by atoms with Crippen molar-refractivity contribution in [2.75, 3.05) is 14.2 Å². The third kappa shape index (κ3) is 3.74. The summed E-state index contributed by atoms with van der Waals surface area (Å²) >= 11 is 1.43. The highest BCUT2D eigenvalue weighted by Gasteiger charge is 2.16. The van der Waals surface area contributed by atoms with Crippen molar-refractivity contribution in [3.63, 3.8) is 0 Å². The van der Waals surface area contributed by atoms with E-state index in [0.717, 1.165) is 10.6 Å². The van der Waals surface area contributed by atoms with E-state index in [1.165, 1.54) is 11.3 Å². The number of ether oxygens (including phenoxy) is 3. The Kier molecular flexibility index (Phi) is 5.44. The van der Waals surface area contributed by atoms with E-state index in [-0.39, 0.29) is 17.9 Å². The summed E-state index contributed by atoms with van der Waals surface area (Å²) in [6.07, 6.45) is 0. The van der Waals surface area contributed by atoms with E-state index in [0.29, 0.717) is 28.0 Å². The van der Waals surface area contributed by atoms with Gasteiger partial charge in [-0.3, -0.25) is 4.79 Å². The maximum Gasteiger partial charge on any atom is 0.359 e. The Morgan fingerprint density at radius 2 is 1.83 bits per heavy atom. The number of nitrogens with one attached hydrogen (secondary N) is 1. The summed E-state index contributed by atoms with van der Waals surface area (Å²) in [7, 11) is 3.15. The second-order valence-corrected chi connectivity index (χ2v) is 7.09. The van der Waals surface area contributed by atoms with E-state index in [9.17, 15) is 9.59 Å². The number of fused-ring (bicyclic) bond motifs is 1. The minimum atomic E-state index is -0.636. The Labute approximate surface area is 175 Å². The van der Waals surface area contributed by atoms with Crippen LogP contribution in [0.2, 0.25) is 0 Å². The van der Waals surface area contributed by atoms with Crippen LogP contribution in [0.15, 0.2) is 52.6 Å². The molecular weight excluding hydrogens is 406 g/mol. The number of aromatic amines is 1. The van der Waals surface area contributed by atoms with Crippen LogP contribution < -0.4 is 15.0 Å². The molecule has 0 saturated carbocycles. The summed E-state index contributed by atoms with van der Waals surface area (Å²) in [6, 6.07) is 12.3. The monoisotopic (exact) mass is 423 g/mol. The summed E-state index contributed by atoms with van der Waals surface area (Å²) in [5, 5.41) is 9.57. The molecule has 0 unspecified atom stereocenters. The van der Waals surface area contributed by atoms with Crippen LogP contribution in [-0.2, 0) is 11.3 Å². The van der Waals surface area contributed by atoms with Gasteiger partial charge >= 0.3 is 5.97 Å². The molecule has 30 heavy (non-hydrogen) atoms. The average Bonchev–Trinajstić information content (AvgIpc) is 3.26. The third-order valence-corrected chi connectivity index (χ3v) is 5.36. The van der Waals surface area contributed by atoms with Gasteiger partial charge in [0.1, 0.15) is 11.6 Å². The molecule has 0 bridgehead atoms. The first-order chi connectivity index (χ1) is 14.6. The predicted octanol–water partition coefficient (Wildman–Crippen LogP) is 3.42. The maximum absolute atomic E-state index is 12.5. The quantitative estimate of drug-likeness (QED) is 0.474. The lowest BCUT2D eigenvalue weighted by Crippen LogP contribution is -2.16. The largest absolute Gasteiger partial charge is 0.493 e. The fraction of sp³-hybridized carbons (Fsp3) is 0.143. The predicted molar refractivity (Wildman–Crippen MR) is 112 cm³/mol. The van der Waals surface area contributed by atoms with Crippen LogP contribution in [0.4, 0.5) is 0 Å². The van der Waals surface area contributed by atoms with Crippen LogP contribution in [0, 0.1) is 0 Å². The third-order valence-electron chi connectivity index (χ3n) is 4.42. The van der Waals surface area contributed by atoms with Gasteiger partial charge in [-0.05, 0) is 24.3 Å². The number of benzene rings is 2. The van der Waals surface area contributed by atoms with Gasteiger partial charge in [-0.15, -0.1) is 11.3 Å². The van der Waals surface area contributed by atoms with Gasteiger partial charge in [0.05, 0.1) is 25.3 Å². The summed E-state index contributed by atoms with van der Waals surface area (Å²) in [5.41, 5.74) is 1.16. The zero-order chi connectivity index (χ0) is 21.1. The van der Waals surface area contributed by atoms with E-state index >= 15 is 0 Å². The molecule has 4 aromatic rings. The van der Waals surface area contributed by atoms with Crippen molar-refractivity contribution in [3.05, 3.63) is 69.6 Å². The van der Waals surface area contributed by atoms with Crippen molar-refractivity contribution in [2.45, 2.75) is 6.61 Å². The molecule has 2 aromatic heterocycles. The molecule has 0 spiro atoms. The molecule has 2 aromatic carbocycles. The zero-order valence-electron chi connectivity index (χ0n) is 16.2. The Balaban J connectivity index is 1.51. The SMILES string of the molecule is COc1ccc(-c2nc(COC(=O)c3n[nH]c(=O)c4ccccc34)cs2)cc1OC. The first kappa shape index (κ1) is 19.6. The van der Waals surface area contributed by atoms with Gasteiger partial charge in [0.2, 0.25) is 0 Å². The van der Waals surface area contributed by atoms with Crippen LogP contribution in [0.5, 0.6) is 11.5 Å². The topological polar surface area (TPSA) is 103 Å². The summed E-state index contributed by atoms with van der Waals surface area (Å²) in [4.78, 5) is 28.9. The number of hydrogen-bond donors (Lipinski definition) is 1.